The maximum absolute atomic E-state index is 11.5. The molecular formula is C19H21N5O2. The zero-order chi connectivity index (χ0) is 18.1. The number of fused-ring (bicyclic) bond motifs is 1. The second-order valence-electron chi connectivity index (χ2n) is 6.76. The molecule has 4 rings (SSSR count). The fourth-order valence-corrected chi connectivity index (χ4v) is 3.67. The lowest BCUT2D eigenvalue weighted by atomic mass is 9.97. The van der Waals surface area contributed by atoms with Gasteiger partial charge in [-0.05, 0) is 25.3 Å². The third-order valence-electron chi connectivity index (χ3n) is 5.00. The largest absolute Gasteiger partial charge is 0.481 e. The van der Waals surface area contributed by atoms with Gasteiger partial charge in [-0.25, -0.2) is 4.98 Å². The van der Waals surface area contributed by atoms with Crippen LogP contribution in [-0.4, -0.2) is 43.7 Å². The van der Waals surface area contributed by atoms with E-state index in [0.29, 0.717) is 18.7 Å². The molecule has 0 spiro atoms. The molecule has 0 saturated carbocycles. The van der Waals surface area contributed by atoms with Gasteiger partial charge < -0.3 is 10.0 Å². The number of carbonyl (C=O) groups is 1. The van der Waals surface area contributed by atoms with Gasteiger partial charge in [0.15, 0.2) is 0 Å². The monoisotopic (exact) mass is 351 g/mol. The summed E-state index contributed by atoms with van der Waals surface area (Å²) in [6.45, 7) is 3.27. The fourth-order valence-electron chi connectivity index (χ4n) is 3.67. The molecule has 1 aliphatic heterocycles. The smallest absolute Gasteiger partial charge is 0.308 e. The molecule has 0 aliphatic carbocycles. The molecule has 3 heterocycles. The molecule has 134 valence electrons. The van der Waals surface area contributed by atoms with Crippen molar-refractivity contribution in [2.75, 3.05) is 18.0 Å². The molecule has 7 nitrogen and oxygen atoms in total. The first-order valence-electron chi connectivity index (χ1n) is 8.84. The summed E-state index contributed by atoms with van der Waals surface area (Å²) < 4.78 is 1.75. The van der Waals surface area contributed by atoms with Gasteiger partial charge >= 0.3 is 5.97 Å². The van der Waals surface area contributed by atoms with Gasteiger partial charge in [0.2, 0.25) is 0 Å². The van der Waals surface area contributed by atoms with E-state index in [1.807, 2.05) is 25.1 Å². The second-order valence-corrected chi connectivity index (χ2v) is 6.76. The third-order valence-corrected chi connectivity index (χ3v) is 5.00. The number of piperidine rings is 1. The molecule has 0 bridgehead atoms. The summed E-state index contributed by atoms with van der Waals surface area (Å²) in [7, 11) is 0. The van der Waals surface area contributed by atoms with E-state index in [1.54, 1.807) is 4.52 Å². The van der Waals surface area contributed by atoms with Gasteiger partial charge in [-0.15, -0.1) is 0 Å². The number of rotatable bonds is 4. The first-order chi connectivity index (χ1) is 12.6. The van der Waals surface area contributed by atoms with Crippen LogP contribution in [0.3, 0.4) is 0 Å². The molecule has 1 saturated heterocycles. The van der Waals surface area contributed by atoms with Crippen LogP contribution in [0, 0.1) is 12.8 Å². The molecular weight excluding hydrogens is 330 g/mol. The normalized spacial score (nSPS) is 17.6. The standard InChI is InChI=1S/C19H21N5O2/c1-13-16(10-14-6-3-2-4-7-14)17(24-19(22-13)20-12-21-24)23-9-5-8-15(11-23)18(25)26/h2-4,6-7,12,15H,5,8-11H2,1H3,(H,25,26). The van der Waals surface area contributed by atoms with Crippen LogP contribution in [0.4, 0.5) is 5.82 Å². The van der Waals surface area contributed by atoms with Crippen LogP contribution >= 0.6 is 0 Å². The third kappa shape index (κ3) is 3.00. The highest BCUT2D eigenvalue weighted by atomic mass is 16.4. The minimum atomic E-state index is -0.736. The number of hydrogen-bond acceptors (Lipinski definition) is 5. The molecule has 7 heteroatoms. The Morgan fingerprint density at radius 2 is 2.12 bits per heavy atom. The van der Waals surface area contributed by atoms with Gasteiger partial charge in [-0.2, -0.15) is 14.6 Å². The van der Waals surface area contributed by atoms with Crippen LogP contribution in [0.5, 0.6) is 0 Å². The Morgan fingerprint density at radius 1 is 1.31 bits per heavy atom. The number of carboxylic acids is 1. The number of carboxylic acid groups (broad SMARTS) is 1. The summed E-state index contributed by atoms with van der Waals surface area (Å²) in [5.41, 5.74) is 3.16. The molecule has 2 aromatic heterocycles. The number of anilines is 1. The number of nitrogens with zero attached hydrogens (tertiary/aromatic N) is 5. The van der Waals surface area contributed by atoms with E-state index >= 15 is 0 Å². The quantitative estimate of drug-likeness (QED) is 0.777. The Balaban J connectivity index is 1.81. The first-order valence-corrected chi connectivity index (χ1v) is 8.84. The Morgan fingerprint density at radius 3 is 2.88 bits per heavy atom. The Hall–Kier alpha value is -2.96. The van der Waals surface area contributed by atoms with Crippen LogP contribution in [-0.2, 0) is 11.2 Å². The SMILES string of the molecule is Cc1nc2ncnn2c(N2CCCC(C(=O)O)C2)c1Cc1ccccc1. The van der Waals surface area contributed by atoms with Crippen molar-refractivity contribution in [1.82, 2.24) is 19.6 Å². The Kier molecular flexibility index (Phi) is 4.28. The van der Waals surface area contributed by atoms with Gasteiger partial charge in [0.1, 0.15) is 12.1 Å². The van der Waals surface area contributed by atoms with Crippen molar-refractivity contribution < 1.29 is 9.90 Å². The number of aryl methyl sites for hydroxylation is 1. The van der Waals surface area contributed by atoms with Crippen molar-refractivity contribution in [2.45, 2.75) is 26.2 Å². The van der Waals surface area contributed by atoms with E-state index in [2.05, 4.69) is 32.1 Å². The molecule has 1 unspecified atom stereocenters. The summed E-state index contributed by atoms with van der Waals surface area (Å²) in [4.78, 5) is 22.5. The summed E-state index contributed by atoms with van der Waals surface area (Å²) in [6, 6.07) is 10.2. The summed E-state index contributed by atoms with van der Waals surface area (Å²) in [5.74, 6) is 0.367. The number of aliphatic carboxylic acids is 1. The van der Waals surface area contributed by atoms with E-state index in [-0.39, 0.29) is 5.92 Å². The summed E-state index contributed by atoms with van der Waals surface area (Å²) in [5, 5.41) is 13.8. The minimum Gasteiger partial charge on any atom is -0.481 e. The van der Waals surface area contributed by atoms with Crippen molar-refractivity contribution in [3.05, 3.63) is 53.5 Å². The van der Waals surface area contributed by atoms with Crippen LogP contribution in [0.2, 0.25) is 0 Å². The zero-order valence-electron chi connectivity index (χ0n) is 14.7. The van der Waals surface area contributed by atoms with E-state index in [1.165, 1.54) is 11.9 Å². The molecule has 3 aromatic rings. The Labute approximate surface area is 151 Å². The van der Waals surface area contributed by atoms with E-state index in [4.69, 9.17) is 0 Å². The van der Waals surface area contributed by atoms with Crippen LogP contribution in [0.25, 0.3) is 5.78 Å². The van der Waals surface area contributed by atoms with Crippen molar-refractivity contribution in [3.63, 3.8) is 0 Å². The molecule has 26 heavy (non-hydrogen) atoms. The van der Waals surface area contributed by atoms with Crippen LogP contribution in [0.1, 0.15) is 29.7 Å². The van der Waals surface area contributed by atoms with Crippen molar-refractivity contribution in [1.29, 1.82) is 0 Å². The lowest BCUT2D eigenvalue weighted by Gasteiger charge is -2.34. The fraction of sp³-hybridized carbons (Fsp3) is 0.368. The van der Waals surface area contributed by atoms with Crippen LogP contribution in [0.15, 0.2) is 36.7 Å². The maximum Gasteiger partial charge on any atom is 0.308 e. The maximum atomic E-state index is 11.5. The second kappa shape index (κ2) is 6.74. The average molecular weight is 351 g/mol. The van der Waals surface area contributed by atoms with Crippen molar-refractivity contribution >= 4 is 17.6 Å². The average Bonchev–Trinajstić information content (AvgIpc) is 3.11. The molecule has 1 N–H and O–H groups in total. The number of benzene rings is 1. The molecule has 1 aliphatic rings. The lowest BCUT2D eigenvalue weighted by molar-refractivity contribution is -0.141. The Bertz CT molecular complexity index is 938. The number of hydrogen-bond donors (Lipinski definition) is 1. The summed E-state index contributed by atoms with van der Waals surface area (Å²) in [6.07, 6.45) is 3.78. The highest BCUT2D eigenvalue weighted by Gasteiger charge is 2.29. The molecule has 0 radical (unpaired) electrons. The van der Waals surface area contributed by atoms with Gasteiger partial charge in [0.25, 0.3) is 5.78 Å². The number of aromatic nitrogens is 4. The minimum absolute atomic E-state index is 0.361. The highest BCUT2D eigenvalue weighted by molar-refractivity contribution is 5.71. The predicted molar refractivity (Wildman–Crippen MR) is 97.3 cm³/mol. The van der Waals surface area contributed by atoms with Gasteiger partial charge in [-0.1, -0.05) is 30.3 Å². The van der Waals surface area contributed by atoms with Gasteiger partial charge in [-0.3, -0.25) is 4.79 Å². The first kappa shape index (κ1) is 16.5. The predicted octanol–water partition coefficient (Wildman–Crippen LogP) is 2.32. The lowest BCUT2D eigenvalue weighted by Crippen LogP contribution is -2.40. The van der Waals surface area contributed by atoms with Gasteiger partial charge in [0, 0.05) is 30.8 Å². The topological polar surface area (TPSA) is 83.6 Å². The van der Waals surface area contributed by atoms with E-state index < -0.39 is 5.97 Å². The summed E-state index contributed by atoms with van der Waals surface area (Å²) >= 11 is 0. The zero-order valence-corrected chi connectivity index (χ0v) is 14.7. The molecule has 0 amide bonds. The van der Waals surface area contributed by atoms with Crippen LogP contribution < -0.4 is 4.90 Å². The van der Waals surface area contributed by atoms with E-state index in [0.717, 1.165) is 36.5 Å². The van der Waals surface area contributed by atoms with E-state index in [9.17, 15) is 9.90 Å². The van der Waals surface area contributed by atoms with Crippen molar-refractivity contribution in [3.8, 4) is 0 Å². The van der Waals surface area contributed by atoms with Crippen molar-refractivity contribution in [2.24, 2.45) is 5.92 Å². The van der Waals surface area contributed by atoms with Gasteiger partial charge in [0.05, 0.1) is 5.92 Å². The highest BCUT2D eigenvalue weighted by Crippen LogP contribution is 2.30. The molecule has 1 aromatic carbocycles. The molecule has 1 atom stereocenters. The molecule has 1 fully saturated rings.